The summed E-state index contributed by atoms with van der Waals surface area (Å²) in [5, 5.41) is 3.54. The summed E-state index contributed by atoms with van der Waals surface area (Å²) in [6.07, 6.45) is 5.90. The molecule has 2 rings (SSSR count). The molecule has 13 heavy (non-hydrogen) atoms. The lowest BCUT2D eigenvalue weighted by molar-refractivity contribution is 0.0844. The number of nitrogens with one attached hydrogen (secondary N) is 1. The highest BCUT2D eigenvalue weighted by atomic mass is 14.9. The maximum atomic E-state index is 3.54. The summed E-state index contributed by atoms with van der Waals surface area (Å²) in [6, 6.07) is 0. The minimum atomic E-state index is 0.908. The smallest absolute Gasteiger partial charge is 0.00178 e. The second kappa shape index (κ2) is 4.00. The van der Waals surface area contributed by atoms with Crippen molar-refractivity contribution < 1.29 is 0 Å². The number of piperidine rings is 1. The van der Waals surface area contributed by atoms with Gasteiger partial charge in [0.2, 0.25) is 0 Å². The third-order valence-corrected chi connectivity index (χ3v) is 4.19. The predicted octanol–water partition coefficient (Wildman–Crippen LogP) is 2.67. The zero-order valence-corrected chi connectivity index (χ0v) is 9.05. The van der Waals surface area contributed by atoms with Gasteiger partial charge in [0.25, 0.3) is 0 Å². The molecular formula is C12H23N. The molecule has 1 saturated carbocycles. The molecule has 2 aliphatic rings. The van der Waals surface area contributed by atoms with E-state index in [0.29, 0.717) is 0 Å². The van der Waals surface area contributed by atoms with Crippen LogP contribution in [0.4, 0.5) is 0 Å². The average Bonchev–Trinajstić information content (AvgIpc) is 2.17. The third kappa shape index (κ3) is 1.90. The molecule has 1 saturated heterocycles. The Balaban J connectivity index is 2.02. The quantitative estimate of drug-likeness (QED) is 0.656. The fourth-order valence-corrected chi connectivity index (χ4v) is 3.48. The van der Waals surface area contributed by atoms with Gasteiger partial charge in [0.15, 0.2) is 0 Å². The van der Waals surface area contributed by atoms with Gasteiger partial charge in [-0.05, 0) is 56.0 Å². The largest absolute Gasteiger partial charge is 0.316 e. The van der Waals surface area contributed by atoms with Crippen molar-refractivity contribution in [2.45, 2.75) is 39.5 Å². The van der Waals surface area contributed by atoms with Crippen LogP contribution >= 0.6 is 0 Å². The maximum absolute atomic E-state index is 3.54. The first-order chi connectivity index (χ1) is 6.29. The average molecular weight is 181 g/mol. The minimum Gasteiger partial charge on any atom is -0.316 e. The molecule has 0 aromatic heterocycles. The first-order valence-electron chi connectivity index (χ1n) is 5.99. The van der Waals surface area contributed by atoms with Crippen LogP contribution in [0.1, 0.15) is 39.5 Å². The Morgan fingerprint density at radius 3 is 2.77 bits per heavy atom. The van der Waals surface area contributed by atoms with Crippen molar-refractivity contribution in [1.29, 1.82) is 0 Å². The minimum absolute atomic E-state index is 0.908. The van der Waals surface area contributed by atoms with Crippen molar-refractivity contribution in [2.24, 2.45) is 23.7 Å². The normalized spacial score (nSPS) is 40.4. The molecule has 1 aliphatic heterocycles. The molecule has 0 aromatic carbocycles. The van der Waals surface area contributed by atoms with Gasteiger partial charge in [0, 0.05) is 0 Å². The van der Waals surface area contributed by atoms with Gasteiger partial charge >= 0.3 is 0 Å². The van der Waals surface area contributed by atoms with Gasteiger partial charge in [-0.25, -0.2) is 0 Å². The summed E-state index contributed by atoms with van der Waals surface area (Å²) in [5.74, 6) is 4.00. The molecule has 0 spiro atoms. The second-order valence-corrected chi connectivity index (χ2v) is 5.26. The summed E-state index contributed by atoms with van der Waals surface area (Å²) in [7, 11) is 0. The lowest BCUT2D eigenvalue weighted by atomic mass is 9.65. The molecule has 76 valence electrons. The van der Waals surface area contributed by atoms with Crippen LogP contribution in [0.5, 0.6) is 0 Å². The van der Waals surface area contributed by atoms with Crippen LogP contribution in [0.15, 0.2) is 0 Å². The molecule has 3 unspecified atom stereocenters. The predicted molar refractivity (Wildman–Crippen MR) is 56.6 cm³/mol. The van der Waals surface area contributed by atoms with Crippen LogP contribution in [-0.2, 0) is 0 Å². The highest BCUT2D eigenvalue weighted by Crippen LogP contribution is 2.41. The maximum Gasteiger partial charge on any atom is -0.00178 e. The van der Waals surface area contributed by atoms with Crippen molar-refractivity contribution in [2.75, 3.05) is 13.1 Å². The fraction of sp³-hybridized carbons (Fsp3) is 1.00. The molecule has 0 amide bonds. The lowest BCUT2D eigenvalue weighted by Gasteiger charge is -2.43. The van der Waals surface area contributed by atoms with Crippen LogP contribution in [0, 0.1) is 23.7 Å². The fourth-order valence-electron chi connectivity index (χ4n) is 3.48. The molecule has 3 atom stereocenters. The van der Waals surface area contributed by atoms with E-state index >= 15 is 0 Å². The Bertz CT molecular complexity index is 163. The van der Waals surface area contributed by atoms with Gasteiger partial charge in [0.05, 0.1) is 0 Å². The highest BCUT2D eigenvalue weighted by molar-refractivity contribution is 4.87. The van der Waals surface area contributed by atoms with Crippen LogP contribution in [0.25, 0.3) is 0 Å². The van der Waals surface area contributed by atoms with E-state index in [0.717, 1.165) is 23.7 Å². The molecule has 1 nitrogen and oxygen atoms in total. The van der Waals surface area contributed by atoms with E-state index in [9.17, 15) is 0 Å². The van der Waals surface area contributed by atoms with E-state index in [-0.39, 0.29) is 0 Å². The summed E-state index contributed by atoms with van der Waals surface area (Å²) < 4.78 is 0. The summed E-state index contributed by atoms with van der Waals surface area (Å²) >= 11 is 0. The molecule has 0 radical (unpaired) electrons. The highest BCUT2D eigenvalue weighted by Gasteiger charge is 2.35. The molecular weight excluding hydrogens is 158 g/mol. The topological polar surface area (TPSA) is 12.0 Å². The zero-order chi connectivity index (χ0) is 9.26. The van der Waals surface area contributed by atoms with E-state index in [1.165, 1.54) is 38.8 Å². The number of hydrogen-bond donors (Lipinski definition) is 1. The zero-order valence-electron chi connectivity index (χ0n) is 9.05. The number of fused-ring (bicyclic) bond motifs is 1. The summed E-state index contributed by atoms with van der Waals surface area (Å²) in [5.41, 5.74) is 0. The SMILES string of the molecule is CC(C)C1CCCC2CNCCC21. The van der Waals surface area contributed by atoms with Crippen molar-refractivity contribution in [3.8, 4) is 0 Å². The van der Waals surface area contributed by atoms with Gasteiger partial charge in [-0.3, -0.25) is 0 Å². The van der Waals surface area contributed by atoms with Gasteiger partial charge in [-0.1, -0.05) is 20.3 Å². The standard InChI is InChI=1S/C12H23N/c1-9(2)11-5-3-4-10-8-13-7-6-12(10)11/h9-13H,3-8H2,1-2H3. The van der Waals surface area contributed by atoms with Gasteiger partial charge in [-0.2, -0.15) is 0 Å². The summed E-state index contributed by atoms with van der Waals surface area (Å²) in [4.78, 5) is 0. The van der Waals surface area contributed by atoms with Gasteiger partial charge in [0.1, 0.15) is 0 Å². The Morgan fingerprint density at radius 2 is 2.00 bits per heavy atom. The van der Waals surface area contributed by atoms with E-state index in [1.54, 1.807) is 0 Å². The molecule has 0 bridgehead atoms. The molecule has 1 aliphatic carbocycles. The Morgan fingerprint density at radius 1 is 1.15 bits per heavy atom. The third-order valence-electron chi connectivity index (χ3n) is 4.19. The summed E-state index contributed by atoms with van der Waals surface area (Å²) in [6.45, 7) is 7.39. The van der Waals surface area contributed by atoms with E-state index in [1.807, 2.05) is 0 Å². The number of rotatable bonds is 1. The van der Waals surface area contributed by atoms with Gasteiger partial charge in [-0.15, -0.1) is 0 Å². The number of hydrogen-bond acceptors (Lipinski definition) is 1. The van der Waals surface area contributed by atoms with E-state index in [4.69, 9.17) is 0 Å². The lowest BCUT2D eigenvalue weighted by Crippen LogP contribution is -2.43. The van der Waals surface area contributed by atoms with Crippen LogP contribution in [0.2, 0.25) is 0 Å². The molecule has 0 aromatic rings. The van der Waals surface area contributed by atoms with E-state index in [2.05, 4.69) is 19.2 Å². The van der Waals surface area contributed by atoms with Gasteiger partial charge < -0.3 is 5.32 Å². The molecule has 1 heterocycles. The van der Waals surface area contributed by atoms with E-state index < -0.39 is 0 Å². The van der Waals surface area contributed by atoms with Crippen molar-refractivity contribution in [3.63, 3.8) is 0 Å². The monoisotopic (exact) mass is 181 g/mol. The Kier molecular flexibility index (Phi) is 2.92. The first-order valence-corrected chi connectivity index (χ1v) is 5.99. The van der Waals surface area contributed by atoms with Crippen molar-refractivity contribution in [1.82, 2.24) is 5.32 Å². The first kappa shape index (κ1) is 9.51. The molecule has 1 heteroatoms. The Hall–Kier alpha value is -0.0400. The van der Waals surface area contributed by atoms with Crippen molar-refractivity contribution >= 4 is 0 Å². The Labute approximate surface area is 82.3 Å². The van der Waals surface area contributed by atoms with Crippen LogP contribution in [-0.4, -0.2) is 13.1 Å². The van der Waals surface area contributed by atoms with Crippen LogP contribution < -0.4 is 5.32 Å². The molecule has 2 fully saturated rings. The van der Waals surface area contributed by atoms with Crippen molar-refractivity contribution in [3.05, 3.63) is 0 Å². The van der Waals surface area contributed by atoms with Crippen LogP contribution in [0.3, 0.4) is 0 Å². The molecule has 1 N–H and O–H groups in total. The second-order valence-electron chi connectivity index (χ2n) is 5.26.